The number of nitrogens with zero attached hydrogens (tertiary/aromatic N) is 2. The Hall–Kier alpha value is -3.54. The number of aromatic nitrogens is 2. The molecule has 0 atom stereocenters. The van der Waals surface area contributed by atoms with Gasteiger partial charge in [0.1, 0.15) is 5.69 Å². The van der Waals surface area contributed by atoms with Crippen molar-refractivity contribution in [3.05, 3.63) is 83.9 Å². The molecule has 0 radical (unpaired) electrons. The summed E-state index contributed by atoms with van der Waals surface area (Å²) in [5.41, 5.74) is 3.40. The zero-order valence-electron chi connectivity index (χ0n) is 14.3. The van der Waals surface area contributed by atoms with Crippen LogP contribution in [0.5, 0.6) is 0 Å². The fourth-order valence-electron chi connectivity index (χ4n) is 2.36. The minimum absolute atomic E-state index is 0.00686. The lowest BCUT2D eigenvalue weighted by Crippen LogP contribution is -2.23. The zero-order chi connectivity index (χ0) is 18.4. The van der Waals surface area contributed by atoms with Gasteiger partial charge in [0.25, 0.3) is 5.91 Å². The molecule has 1 amide bonds. The molecule has 26 heavy (non-hydrogen) atoms. The molecule has 2 aromatic heterocycles. The number of benzene rings is 1. The van der Waals surface area contributed by atoms with E-state index in [-0.39, 0.29) is 11.7 Å². The first-order chi connectivity index (χ1) is 12.6. The highest BCUT2D eigenvalue weighted by molar-refractivity contribution is 5.95. The van der Waals surface area contributed by atoms with Crippen molar-refractivity contribution in [2.45, 2.75) is 13.5 Å². The Labute approximate surface area is 151 Å². The largest absolute Gasteiger partial charge is 0.354 e. The van der Waals surface area contributed by atoms with Crippen LogP contribution < -0.4 is 10.6 Å². The Balaban J connectivity index is 1.62. The maximum atomic E-state index is 12.2. The van der Waals surface area contributed by atoms with Crippen molar-refractivity contribution in [2.75, 3.05) is 5.32 Å². The molecule has 2 N–H and O–H groups in total. The summed E-state index contributed by atoms with van der Waals surface area (Å²) in [6, 6.07) is 14.3. The van der Waals surface area contributed by atoms with Crippen LogP contribution in [0.1, 0.15) is 33.3 Å². The Bertz CT molecular complexity index is 909. The van der Waals surface area contributed by atoms with Crippen molar-refractivity contribution in [2.24, 2.45) is 0 Å². The topological polar surface area (TPSA) is 84.0 Å². The van der Waals surface area contributed by atoms with Crippen LogP contribution in [0, 0.1) is 0 Å². The Morgan fingerprint density at radius 3 is 2.58 bits per heavy atom. The number of carbonyl (C=O) groups is 2. The lowest BCUT2D eigenvalue weighted by Gasteiger charge is -2.08. The van der Waals surface area contributed by atoms with Crippen LogP contribution in [0.25, 0.3) is 0 Å². The summed E-state index contributed by atoms with van der Waals surface area (Å²) < 4.78 is 0. The van der Waals surface area contributed by atoms with Gasteiger partial charge >= 0.3 is 0 Å². The average molecular weight is 346 g/mol. The molecule has 6 nitrogen and oxygen atoms in total. The summed E-state index contributed by atoms with van der Waals surface area (Å²) >= 11 is 0. The number of anilines is 2. The maximum absolute atomic E-state index is 12.2. The van der Waals surface area contributed by atoms with Crippen LogP contribution in [-0.2, 0) is 6.54 Å². The predicted molar refractivity (Wildman–Crippen MR) is 99.4 cm³/mol. The average Bonchev–Trinajstić information content (AvgIpc) is 2.68. The number of carbonyl (C=O) groups excluding carboxylic acids is 2. The van der Waals surface area contributed by atoms with Crippen molar-refractivity contribution in [3.63, 3.8) is 0 Å². The summed E-state index contributed by atoms with van der Waals surface area (Å²) in [6.07, 6.45) is 4.97. The molecule has 2 heterocycles. The molecule has 0 saturated heterocycles. The van der Waals surface area contributed by atoms with Gasteiger partial charge in [-0.3, -0.25) is 14.6 Å². The molecule has 0 unspecified atom stereocenters. The second kappa shape index (κ2) is 8.02. The van der Waals surface area contributed by atoms with Crippen LogP contribution in [-0.4, -0.2) is 21.7 Å². The van der Waals surface area contributed by atoms with E-state index in [2.05, 4.69) is 20.6 Å². The van der Waals surface area contributed by atoms with Gasteiger partial charge in [-0.2, -0.15) is 0 Å². The van der Waals surface area contributed by atoms with Crippen LogP contribution >= 0.6 is 0 Å². The van der Waals surface area contributed by atoms with E-state index in [0.717, 1.165) is 16.9 Å². The number of ketones is 1. The van der Waals surface area contributed by atoms with Crippen molar-refractivity contribution in [1.82, 2.24) is 15.3 Å². The molecule has 0 saturated carbocycles. The molecule has 0 aliphatic carbocycles. The van der Waals surface area contributed by atoms with Gasteiger partial charge < -0.3 is 10.6 Å². The molecule has 130 valence electrons. The number of pyridine rings is 2. The SMILES string of the molecule is CC(=O)c1cccc(Nc2ccc(C(=O)NCc3cccnc3)nc2)c1. The molecule has 0 bridgehead atoms. The minimum Gasteiger partial charge on any atom is -0.354 e. The van der Waals surface area contributed by atoms with Gasteiger partial charge in [0.05, 0.1) is 11.9 Å². The van der Waals surface area contributed by atoms with Crippen LogP contribution in [0.15, 0.2) is 67.1 Å². The fraction of sp³-hybridized carbons (Fsp3) is 0.100. The number of rotatable bonds is 6. The van der Waals surface area contributed by atoms with Gasteiger partial charge in [0, 0.05) is 30.2 Å². The van der Waals surface area contributed by atoms with Crippen molar-refractivity contribution < 1.29 is 9.59 Å². The van der Waals surface area contributed by atoms with E-state index in [9.17, 15) is 9.59 Å². The van der Waals surface area contributed by atoms with Crippen molar-refractivity contribution >= 4 is 23.1 Å². The van der Waals surface area contributed by atoms with Gasteiger partial charge in [-0.25, -0.2) is 4.98 Å². The summed E-state index contributed by atoms with van der Waals surface area (Å²) in [7, 11) is 0. The lowest BCUT2D eigenvalue weighted by atomic mass is 10.1. The second-order valence-corrected chi connectivity index (χ2v) is 5.74. The van der Waals surface area contributed by atoms with Gasteiger partial charge in [0.15, 0.2) is 5.78 Å². The molecule has 0 aliphatic rings. The van der Waals surface area contributed by atoms with Gasteiger partial charge in [-0.05, 0) is 42.8 Å². The molecular weight excluding hydrogens is 328 g/mol. The molecule has 1 aromatic carbocycles. The van der Waals surface area contributed by atoms with Gasteiger partial charge in [0.2, 0.25) is 0 Å². The van der Waals surface area contributed by atoms with Crippen LogP contribution in [0.2, 0.25) is 0 Å². The predicted octanol–water partition coefficient (Wildman–Crippen LogP) is 3.35. The van der Waals surface area contributed by atoms with Crippen molar-refractivity contribution in [3.8, 4) is 0 Å². The van der Waals surface area contributed by atoms with E-state index in [1.54, 1.807) is 42.9 Å². The lowest BCUT2D eigenvalue weighted by molar-refractivity contribution is 0.0945. The summed E-state index contributed by atoms with van der Waals surface area (Å²) in [5.74, 6) is -0.244. The molecule has 3 rings (SSSR count). The first-order valence-electron chi connectivity index (χ1n) is 8.13. The molecule has 0 aliphatic heterocycles. The van der Waals surface area contributed by atoms with E-state index in [4.69, 9.17) is 0 Å². The first kappa shape index (κ1) is 17.3. The third kappa shape index (κ3) is 4.51. The highest BCUT2D eigenvalue weighted by Crippen LogP contribution is 2.17. The Morgan fingerprint density at radius 2 is 1.88 bits per heavy atom. The standard InChI is InChI=1S/C20H18N4O2/c1-14(25)16-5-2-6-17(10-16)24-18-7-8-19(22-13-18)20(26)23-12-15-4-3-9-21-11-15/h2-11,13,24H,12H2,1H3,(H,23,26). The van der Waals surface area contributed by atoms with E-state index in [0.29, 0.717) is 17.8 Å². The minimum atomic E-state index is -0.251. The van der Waals surface area contributed by atoms with Crippen molar-refractivity contribution in [1.29, 1.82) is 0 Å². The number of hydrogen-bond donors (Lipinski definition) is 2. The smallest absolute Gasteiger partial charge is 0.270 e. The van der Waals surface area contributed by atoms with E-state index in [1.165, 1.54) is 6.92 Å². The number of Topliss-reactive ketones (excluding diaryl/α,β-unsaturated/α-hetero) is 1. The van der Waals surface area contributed by atoms with Crippen LogP contribution in [0.4, 0.5) is 11.4 Å². The summed E-state index contributed by atoms with van der Waals surface area (Å²) in [5, 5.41) is 5.97. The third-order valence-electron chi connectivity index (χ3n) is 3.73. The molecule has 3 aromatic rings. The normalized spacial score (nSPS) is 10.2. The number of nitrogens with one attached hydrogen (secondary N) is 2. The number of hydrogen-bond acceptors (Lipinski definition) is 5. The molecular formula is C20H18N4O2. The summed E-state index contributed by atoms with van der Waals surface area (Å²) in [6.45, 7) is 1.92. The first-order valence-corrected chi connectivity index (χ1v) is 8.13. The van der Waals surface area contributed by atoms with E-state index in [1.807, 2.05) is 24.3 Å². The Morgan fingerprint density at radius 1 is 1.00 bits per heavy atom. The monoisotopic (exact) mass is 346 g/mol. The molecule has 0 fully saturated rings. The second-order valence-electron chi connectivity index (χ2n) is 5.74. The maximum Gasteiger partial charge on any atom is 0.270 e. The van der Waals surface area contributed by atoms with Gasteiger partial charge in [-0.1, -0.05) is 18.2 Å². The highest BCUT2D eigenvalue weighted by atomic mass is 16.1. The molecule has 0 spiro atoms. The quantitative estimate of drug-likeness (QED) is 0.669. The number of amides is 1. The highest BCUT2D eigenvalue weighted by Gasteiger charge is 2.07. The summed E-state index contributed by atoms with van der Waals surface area (Å²) in [4.78, 5) is 31.8. The fourth-order valence-corrected chi connectivity index (χ4v) is 2.36. The van der Waals surface area contributed by atoms with E-state index >= 15 is 0 Å². The zero-order valence-corrected chi connectivity index (χ0v) is 14.3. The third-order valence-corrected chi connectivity index (χ3v) is 3.73. The van der Waals surface area contributed by atoms with E-state index < -0.39 is 0 Å². The van der Waals surface area contributed by atoms with Crippen LogP contribution in [0.3, 0.4) is 0 Å². The van der Waals surface area contributed by atoms with Gasteiger partial charge in [-0.15, -0.1) is 0 Å². The Kier molecular flexibility index (Phi) is 5.34. The molecule has 6 heteroatoms.